The first-order chi connectivity index (χ1) is 19.5. The van der Waals surface area contributed by atoms with Crippen LogP contribution in [0.15, 0.2) is 42.6 Å². The van der Waals surface area contributed by atoms with E-state index in [4.69, 9.17) is 26.1 Å². The fourth-order valence-corrected chi connectivity index (χ4v) is 5.14. The van der Waals surface area contributed by atoms with E-state index in [1.807, 2.05) is 48.2 Å². The molecule has 0 aliphatic carbocycles. The second-order valence-corrected chi connectivity index (χ2v) is 10.5. The first-order valence-electron chi connectivity index (χ1n) is 13.7. The molecular formula is C29H35ClN6O4. The van der Waals surface area contributed by atoms with Crippen LogP contribution in [0.25, 0.3) is 11.3 Å². The van der Waals surface area contributed by atoms with Crippen molar-refractivity contribution in [2.24, 2.45) is 0 Å². The van der Waals surface area contributed by atoms with Crippen molar-refractivity contribution in [3.8, 4) is 11.3 Å². The molecule has 10 nitrogen and oxygen atoms in total. The Hall–Kier alpha value is -3.15. The van der Waals surface area contributed by atoms with Gasteiger partial charge in [-0.1, -0.05) is 36.7 Å². The largest absolute Gasteiger partial charge is 0.394 e. The van der Waals surface area contributed by atoms with Crippen LogP contribution in [0.5, 0.6) is 0 Å². The van der Waals surface area contributed by atoms with Crippen LogP contribution in [0.3, 0.4) is 0 Å². The number of halogens is 1. The first kappa shape index (κ1) is 28.4. The van der Waals surface area contributed by atoms with Crippen molar-refractivity contribution >= 4 is 23.5 Å². The normalized spacial score (nSPS) is 17.1. The van der Waals surface area contributed by atoms with E-state index in [-0.39, 0.29) is 25.1 Å². The number of aliphatic hydroxyl groups excluding tert-OH is 1. The molecular weight excluding hydrogens is 532 g/mol. The molecule has 0 saturated carbocycles. The van der Waals surface area contributed by atoms with E-state index in [0.717, 1.165) is 54.9 Å². The molecule has 11 heteroatoms. The Morgan fingerprint density at radius 3 is 2.83 bits per heavy atom. The van der Waals surface area contributed by atoms with Crippen molar-refractivity contribution in [2.75, 3.05) is 38.4 Å². The molecule has 2 aliphatic rings. The Morgan fingerprint density at radius 2 is 2.02 bits per heavy atom. The minimum absolute atomic E-state index is 0.129. The average molecular weight is 567 g/mol. The molecule has 1 atom stereocenters. The van der Waals surface area contributed by atoms with Gasteiger partial charge in [0.2, 0.25) is 11.9 Å². The molecule has 1 fully saturated rings. The van der Waals surface area contributed by atoms with Gasteiger partial charge in [0, 0.05) is 37.1 Å². The number of amides is 1. The van der Waals surface area contributed by atoms with Crippen LogP contribution in [0.2, 0.25) is 5.02 Å². The second kappa shape index (κ2) is 13.5. The highest BCUT2D eigenvalue weighted by Gasteiger charge is 2.22. The first-order valence-corrected chi connectivity index (χ1v) is 14.0. The molecule has 40 heavy (non-hydrogen) atoms. The zero-order valence-electron chi connectivity index (χ0n) is 22.6. The molecule has 0 radical (unpaired) electrons. The van der Waals surface area contributed by atoms with Crippen LogP contribution in [-0.2, 0) is 33.8 Å². The van der Waals surface area contributed by atoms with Crippen LogP contribution in [-0.4, -0.2) is 70.0 Å². The molecule has 212 valence electrons. The molecule has 1 aromatic carbocycles. The van der Waals surface area contributed by atoms with Crippen molar-refractivity contribution in [2.45, 2.75) is 51.4 Å². The maximum atomic E-state index is 12.9. The molecule has 2 aromatic heterocycles. The predicted octanol–water partition coefficient (Wildman–Crippen LogP) is 3.48. The third kappa shape index (κ3) is 7.13. The van der Waals surface area contributed by atoms with E-state index in [1.165, 1.54) is 0 Å². The topological polar surface area (TPSA) is 122 Å². The van der Waals surface area contributed by atoms with E-state index >= 15 is 0 Å². The number of aromatic nitrogens is 3. The summed E-state index contributed by atoms with van der Waals surface area (Å²) in [6.07, 6.45) is 4.23. The van der Waals surface area contributed by atoms with Gasteiger partial charge in [0.15, 0.2) is 0 Å². The van der Waals surface area contributed by atoms with Crippen molar-refractivity contribution in [3.05, 3.63) is 70.1 Å². The van der Waals surface area contributed by atoms with Crippen LogP contribution < -0.4 is 10.6 Å². The minimum atomic E-state index is -0.565. The number of pyridine rings is 1. The van der Waals surface area contributed by atoms with Gasteiger partial charge in [-0.15, -0.1) is 0 Å². The predicted molar refractivity (Wildman–Crippen MR) is 152 cm³/mol. The molecule has 0 unspecified atom stereocenters. The highest BCUT2D eigenvalue weighted by atomic mass is 35.5. The Bertz CT molecular complexity index is 1320. The summed E-state index contributed by atoms with van der Waals surface area (Å²) in [5, 5.41) is 16.7. The van der Waals surface area contributed by atoms with E-state index in [1.54, 1.807) is 6.20 Å². The molecule has 0 bridgehead atoms. The number of benzene rings is 1. The van der Waals surface area contributed by atoms with Crippen LogP contribution in [0.4, 0.5) is 5.95 Å². The Labute approximate surface area is 239 Å². The summed E-state index contributed by atoms with van der Waals surface area (Å²) in [6.45, 7) is 4.63. The smallest absolute Gasteiger partial charge is 0.234 e. The lowest BCUT2D eigenvalue weighted by Gasteiger charge is -2.23. The molecule has 5 rings (SSSR count). The molecule has 2 aliphatic heterocycles. The lowest BCUT2D eigenvalue weighted by Crippen LogP contribution is -2.40. The summed E-state index contributed by atoms with van der Waals surface area (Å²) in [7, 11) is 0. The fraction of sp³-hybridized carbons (Fsp3) is 0.448. The molecule has 0 spiro atoms. The lowest BCUT2D eigenvalue weighted by atomic mass is 10.0. The molecule has 3 aromatic rings. The van der Waals surface area contributed by atoms with Gasteiger partial charge < -0.3 is 25.2 Å². The standard InChI is InChI=1S/C29H35ClN6O4/c1-2-22-4-3-5-25(32-22)26(16-37)34-27(38)15-36-14-20-7-6-19(12-21(20)17-40-18-36)28-24(30)13-31-29(35-28)33-23-8-10-39-11-9-23/h3-7,12-13,23,26,37H,2,8-11,14-18H2,1H3,(H,34,38)(H,31,33,35)/t26-/m1/s1. The number of nitrogens with zero attached hydrogens (tertiary/aromatic N) is 4. The highest BCUT2D eigenvalue weighted by Crippen LogP contribution is 2.30. The van der Waals surface area contributed by atoms with Gasteiger partial charge in [-0.05, 0) is 48.6 Å². The number of carbonyl (C=O) groups excluding carboxylic acids is 1. The van der Waals surface area contributed by atoms with Gasteiger partial charge in [0.1, 0.15) is 6.73 Å². The quantitative estimate of drug-likeness (QED) is 0.357. The summed E-state index contributed by atoms with van der Waals surface area (Å²) >= 11 is 6.50. The number of rotatable bonds is 9. The molecule has 4 heterocycles. The maximum Gasteiger partial charge on any atom is 0.234 e. The number of hydrogen-bond donors (Lipinski definition) is 3. The zero-order chi connectivity index (χ0) is 27.9. The summed E-state index contributed by atoms with van der Waals surface area (Å²) < 4.78 is 11.4. The van der Waals surface area contributed by atoms with Gasteiger partial charge in [-0.3, -0.25) is 14.7 Å². The third-order valence-corrected chi connectivity index (χ3v) is 7.41. The number of carbonyl (C=O) groups is 1. The SMILES string of the molecule is CCc1cccc([C@@H](CO)NC(=O)CN2COCc3cc(-c4nc(NC5CCOCC5)ncc4Cl)ccc3C2)n1. The highest BCUT2D eigenvalue weighted by molar-refractivity contribution is 6.32. The average Bonchev–Trinajstić information content (AvgIpc) is 3.18. The number of fused-ring (bicyclic) bond motifs is 1. The third-order valence-electron chi connectivity index (χ3n) is 7.14. The van der Waals surface area contributed by atoms with Gasteiger partial charge in [0.25, 0.3) is 0 Å². The number of aryl methyl sites for hydroxylation is 1. The van der Waals surface area contributed by atoms with E-state index < -0.39 is 6.04 Å². The summed E-state index contributed by atoms with van der Waals surface area (Å²) in [5.74, 6) is 0.344. The Kier molecular flexibility index (Phi) is 9.56. The van der Waals surface area contributed by atoms with E-state index in [9.17, 15) is 9.90 Å². The zero-order valence-corrected chi connectivity index (χ0v) is 23.4. The maximum absolute atomic E-state index is 12.9. The van der Waals surface area contributed by atoms with Crippen molar-refractivity contribution < 1.29 is 19.4 Å². The van der Waals surface area contributed by atoms with Crippen LogP contribution >= 0.6 is 11.6 Å². The number of hydrogen-bond acceptors (Lipinski definition) is 9. The monoisotopic (exact) mass is 566 g/mol. The molecule has 3 N–H and O–H groups in total. The Balaban J connectivity index is 1.24. The summed E-state index contributed by atoms with van der Waals surface area (Å²) in [4.78, 5) is 28.4. The van der Waals surface area contributed by atoms with Crippen molar-refractivity contribution in [3.63, 3.8) is 0 Å². The van der Waals surface area contributed by atoms with E-state index in [2.05, 4.69) is 20.6 Å². The number of ether oxygens (including phenoxy) is 2. The van der Waals surface area contributed by atoms with Gasteiger partial charge >= 0.3 is 0 Å². The van der Waals surface area contributed by atoms with Gasteiger partial charge in [0.05, 0.1) is 48.4 Å². The lowest BCUT2D eigenvalue weighted by molar-refractivity contribution is -0.125. The molecule has 1 amide bonds. The number of nitrogens with one attached hydrogen (secondary N) is 2. The summed E-state index contributed by atoms with van der Waals surface area (Å²) in [6, 6.07) is 11.4. The van der Waals surface area contributed by atoms with Crippen molar-refractivity contribution in [1.29, 1.82) is 0 Å². The second-order valence-electron chi connectivity index (χ2n) is 10.1. The fourth-order valence-electron chi connectivity index (χ4n) is 4.94. The minimum Gasteiger partial charge on any atom is -0.394 e. The van der Waals surface area contributed by atoms with E-state index in [0.29, 0.717) is 42.2 Å². The van der Waals surface area contributed by atoms with Gasteiger partial charge in [-0.2, -0.15) is 0 Å². The number of aliphatic hydroxyl groups is 1. The Morgan fingerprint density at radius 1 is 1.18 bits per heavy atom. The van der Waals surface area contributed by atoms with Crippen molar-refractivity contribution in [1.82, 2.24) is 25.2 Å². The summed E-state index contributed by atoms with van der Waals surface area (Å²) in [5.41, 5.74) is 5.18. The van der Waals surface area contributed by atoms with Crippen LogP contribution in [0.1, 0.15) is 48.3 Å². The molecule has 1 saturated heterocycles. The number of anilines is 1. The van der Waals surface area contributed by atoms with Gasteiger partial charge in [-0.25, -0.2) is 9.97 Å². The van der Waals surface area contributed by atoms with Crippen LogP contribution in [0, 0.1) is 0 Å².